The third-order valence-corrected chi connectivity index (χ3v) is 8.02. The molecule has 1 aromatic heterocycles. The van der Waals surface area contributed by atoms with Crippen LogP contribution in [0.4, 0.5) is 8.78 Å². The van der Waals surface area contributed by atoms with Crippen molar-refractivity contribution in [3.63, 3.8) is 0 Å². The molecule has 1 aromatic carbocycles. The monoisotopic (exact) mass is 522 g/mol. The van der Waals surface area contributed by atoms with Crippen molar-refractivity contribution in [1.82, 2.24) is 9.80 Å². The van der Waals surface area contributed by atoms with Crippen LogP contribution in [-0.2, 0) is 14.4 Å². The van der Waals surface area contributed by atoms with Gasteiger partial charge < -0.3 is 10.0 Å². The molecule has 0 aliphatic carbocycles. The molecule has 4 rings (SSSR count). The van der Waals surface area contributed by atoms with Crippen LogP contribution in [0.25, 0.3) is 17.2 Å². The Labute approximate surface area is 208 Å². The van der Waals surface area contributed by atoms with Crippen LogP contribution in [0.3, 0.4) is 0 Å². The van der Waals surface area contributed by atoms with E-state index >= 15 is 0 Å². The zero-order chi connectivity index (χ0) is 24.4. The summed E-state index contributed by atoms with van der Waals surface area (Å²) >= 11 is 7.85. The molecule has 6 nitrogen and oxygen atoms in total. The number of carboxylic acid groups (broad SMARTS) is 1. The Hall–Kier alpha value is -2.63. The number of carbonyl (C=O) groups excluding carboxylic acids is 2. The minimum Gasteiger partial charge on any atom is -0.481 e. The van der Waals surface area contributed by atoms with Crippen molar-refractivity contribution in [2.45, 2.75) is 19.3 Å². The normalized spacial score (nSPS) is 18.2. The van der Waals surface area contributed by atoms with Gasteiger partial charge in [0.1, 0.15) is 4.32 Å². The number of piperidine rings is 1. The smallest absolute Gasteiger partial charge is 0.306 e. The van der Waals surface area contributed by atoms with E-state index in [4.69, 9.17) is 17.3 Å². The predicted octanol–water partition coefficient (Wildman–Crippen LogP) is 4.61. The molecule has 0 radical (unpaired) electrons. The first kappa shape index (κ1) is 24.5. The fourth-order valence-electron chi connectivity index (χ4n) is 3.82. The Morgan fingerprint density at radius 2 is 1.88 bits per heavy atom. The van der Waals surface area contributed by atoms with E-state index in [2.05, 4.69) is 0 Å². The number of amides is 2. The van der Waals surface area contributed by atoms with Crippen molar-refractivity contribution in [3.8, 4) is 11.1 Å². The summed E-state index contributed by atoms with van der Waals surface area (Å²) in [7, 11) is 0. The highest BCUT2D eigenvalue weighted by atomic mass is 32.2. The van der Waals surface area contributed by atoms with Gasteiger partial charge in [-0.2, -0.15) is 0 Å². The van der Waals surface area contributed by atoms with Gasteiger partial charge in [0, 0.05) is 30.9 Å². The van der Waals surface area contributed by atoms with Gasteiger partial charge in [0.15, 0.2) is 11.6 Å². The minimum atomic E-state index is -0.924. The number of hydrogen-bond donors (Lipinski definition) is 1. The second-order valence-electron chi connectivity index (χ2n) is 7.94. The quantitative estimate of drug-likeness (QED) is 0.441. The number of hydrogen-bond acceptors (Lipinski definition) is 6. The molecule has 2 amide bonds. The molecule has 0 spiro atoms. The summed E-state index contributed by atoms with van der Waals surface area (Å²) in [5, 5.41) is 10.9. The van der Waals surface area contributed by atoms with Crippen molar-refractivity contribution in [2.24, 2.45) is 5.92 Å². The molecular weight excluding hydrogens is 502 g/mol. The predicted molar refractivity (Wildman–Crippen MR) is 131 cm³/mol. The van der Waals surface area contributed by atoms with Gasteiger partial charge in [-0.05, 0) is 53.6 Å². The Morgan fingerprint density at radius 3 is 2.56 bits per heavy atom. The number of thiophene rings is 1. The number of benzene rings is 1. The molecule has 2 aliphatic heterocycles. The van der Waals surface area contributed by atoms with Crippen LogP contribution >= 0.6 is 35.3 Å². The van der Waals surface area contributed by atoms with E-state index < -0.39 is 23.5 Å². The first-order valence-corrected chi connectivity index (χ1v) is 12.6. The van der Waals surface area contributed by atoms with E-state index in [1.807, 2.05) is 0 Å². The van der Waals surface area contributed by atoms with Gasteiger partial charge in [-0.3, -0.25) is 19.3 Å². The number of carboxylic acids is 1. The fourth-order valence-corrected chi connectivity index (χ4v) is 6.04. The van der Waals surface area contributed by atoms with Gasteiger partial charge in [-0.15, -0.1) is 11.3 Å². The summed E-state index contributed by atoms with van der Waals surface area (Å²) in [6.07, 6.45) is 2.67. The molecule has 178 valence electrons. The molecule has 0 bridgehead atoms. The Morgan fingerprint density at radius 1 is 1.15 bits per heavy atom. The van der Waals surface area contributed by atoms with E-state index in [0.29, 0.717) is 46.3 Å². The molecule has 2 aromatic rings. The van der Waals surface area contributed by atoms with E-state index in [1.165, 1.54) is 22.3 Å². The van der Waals surface area contributed by atoms with Crippen molar-refractivity contribution in [3.05, 3.63) is 51.1 Å². The highest BCUT2D eigenvalue weighted by Crippen LogP contribution is 2.35. The molecular formula is C23H20F2N2O4S3. The van der Waals surface area contributed by atoms with E-state index in [9.17, 15) is 23.2 Å². The van der Waals surface area contributed by atoms with Crippen molar-refractivity contribution in [2.75, 3.05) is 19.6 Å². The lowest BCUT2D eigenvalue weighted by Crippen LogP contribution is -2.41. The van der Waals surface area contributed by atoms with Crippen molar-refractivity contribution >= 4 is 63.5 Å². The Balaban J connectivity index is 1.36. The van der Waals surface area contributed by atoms with Gasteiger partial charge in [-0.1, -0.05) is 30.0 Å². The molecule has 2 fully saturated rings. The summed E-state index contributed by atoms with van der Waals surface area (Å²) in [6.45, 7) is 0.948. The topological polar surface area (TPSA) is 77.9 Å². The van der Waals surface area contributed by atoms with Crippen LogP contribution < -0.4 is 0 Å². The van der Waals surface area contributed by atoms with Crippen LogP contribution in [0, 0.1) is 17.6 Å². The maximum Gasteiger partial charge on any atom is 0.306 e. The second kappa shape index (κ2) is 10.3. The molecule has 3 heterocycles. The summed E-state index contributed by atoms with van der Waals surface area (Å²) in [4.78, 5) is 40.7. The first-order chi connectivity index (χ1) is 16.2. The Kier molecular flexibility index (Phi) is 7.44. The molecule has 2 saturated heterocycles. The van der Waals surface area contributed by atoms with Gasteiger partial charge in [0.2, 0.25) is 5.91 Å². The average molecular weight is 523 g/mol. The molecule has 0 atom stereocenters. The number of nitrogens with zero attached hydrogens (tertiary/aromatic N) is 2. The summed E-state index contributed by atoms with van der Waals surface area (Å²) in [5.74, 6) is -3.50. The standard InChI is InChI=1S/C23H20F2N2O4S3/c24-17-2-1-14(10-18(17)25)15-9-16(33-12-15)11-19-21(29)27(23(32)34-19)8-5-20(28)26-6-3-13(4-7-26)22(30)31/h1-2,9-13H,3-8H2,(H,30,31). The number of thioether (sulfide) groups is 1. The van der Waals surface area contributed by atoms with Gasteiger partial charge in [0.25, 0.3) is 5.91 Å². The van der Waals surface area contributed by atoms with Crippen LogP contribution in [-0.4, -0.2) is 56.6 Å². The third-order valence-electron chi connectivity index (χ3n) is 5.77. The third kappa shape index (κ3) is 5.37. The lowest BCUT2D eigenvalue weighted by molar-refractivity contribution is -0.145. The number of thiocarbonyl (C=S) groups is 1. The molecule has 2 aliphatic rings. The lowest BCUT2D eigenvalue weighted by atomic mass is 9.97. The largest absolute Gasteiger partial charge is 0.481 e. The van der Waals surface area contributed by atoms with Gasteiger partial charge >= 0.3 is 5.97 Å². The lowest BCUT2D eigenvalue weighted by Gasteiger charge is -2.30. The van der Waals surface area contributed by atoms with Crippen LogP contribution in [0.2, 0.25) is 0 Å². The summed E-state index contributed by atoms with van der Waals surface area (Å²) in [5.41, 5.74) is 1.25. The van der Waals surface area contributed by atoms with E-state index in [0.717, 1.165) is 28.8 Å². The summed E-state index contributed by atoms with van der Waals surface area (Å²) in [6, 6.07) is 5.48. The van der Waals surface area contributed by atoms with Crippen molar-refractivity contribution in [1.29, 1.82) is 0 Å². The van der Waals surface area contributed by atoms with Gasteiger partial charge in [-0.25, -0.2) is 8.78 Å². The SMILES string of the molecule is O=C(O)C1CCN(C(=O)CCN2C(=O)C(=Cc3cc(-c4ccc(F)c(F)c4)cs3)SC2=S)CC1. The molecule has 0 unspecified atom stereocenters. The molecule has 11 heteroatoms. The number of halogens is 2. The minimum absolute atomic E-state index is 0.108. The average Bonchev–Trinajstić information content (AvgIpc) is 3.38. The van der Waals surface area contributed by atoms with Crippen molar-refractivity contribution < 1.29 is 28.3 Å². The van der Waals surface area contributed by atoms with E-state index in [-0.39, 0.29) is 24.8 Å². The summed E-state index contributed by atoms with van der Waals surface area (Å²) < 4.78 is 27.1. The molecule has 34 heavy (non-hydrogen) atoms. The van der Waals surface area contributed by atoms with Gasteiger partial charge in [0.05, 0.1) is 10.8 Å². The number of rotatable bonds is 6. The molecule has 0 saturated carbocycles. The Bertz CT molecular complexity index is 1190. The maximum absolute atomic E-state index is 13.5. The van der Waals surface area contributed by atoms with Crippen LogP contribution in [0.15, 0.2) is 34.6 Å². The number of aliphatic carboxylic acids is 1. The first-order valence-electron chi connectivity index (χ1n) is 10.5. The molecule has 1 N–H and O–H groups in total. The van der Waals surface area contributed by atoms with Crippen LogP contribution in [0.1, 0.15) is 24.1 Å². The number of carbonyl (C=O) groups is 3. The maximum atomic E-state index is 13.5. The number of likely N-dealkylation sites (tertiary alicyclic amines) is 1. The zero-order valence-electron chi connectivity index (χ0n) is 17.8. The zero-order valence-corrected chi connectivity index (χ0v) is 20.3. The fraction of sp³-hybridized carbons (Fsp3) is 0.304. The van der Waals surface area contributed by atoms with Crippen LogP contribution in [0.5, 0.6) is 0 Å². The van der Waals surface area contributed by atoms with E-state index in [1.54, 1.807) is 22.4 Å². The highest BCUT2D eigenvalue weighted by molar-refractivity contribution is 8.26. The second-order valence-corrected chi connectivity index (χ2v) is 10.6. The highest BCUT2D eigenvalue weighted by Gasteiger charge is 2.33.